The number of hydrogen-bond donors (Lipinski definition) is 2. The second kappa shape index (κ2) is 14.0. The molecule has 0 aromatic heterocycles. The number of β-lactam (4-membered cyclic amide) rings is 1. The van der Waals surface area contributed by atoms with Gasteiger partial charge in [0.05, 0.1) is 37.8 Å². The van der Waals surface area contributed by atoms with Crippen molar-refractivity contribution in [2.45, 2.75) is 76.3 Å². The van der Waals surface area contributed by atoms with Crippen LogP contribution in [0.3, 0.4) is 0 Å². The summed E-state index contributed by atoms with van der Waals surface area (Å²) in [5, 5.41) is 9.80. The summed E-state index contributed by atoms with van der Waals surface area (Å²) in [5.74, 6) is -1.57. The fourth-order valence-electron chi connectivity index (χ4n) is 7.85. The first-order valence-electron chi connectivity index (χ1n) is 16.8. The lowest BCUT2D eigenvalue weighted by molar-refractivity contribution is -0.154. The number of halogens is 1. The SMILES string of the molecule is CC(=O)OC1CC(=O)N1c1ccc(CN2C(=O)[C@]3(O[C@H](CC(=O)N(CCO)Cc4ccccc4)[C@@H]([Si](C)(C)O)[C@@H]3C)c3cc(Br)ccc32)cc1. The van der Waals surface area contributed by atoms with Crippen molar-refractivity contribution in [1.82, 2.24) is 4.90 Å². The number of esters is 1. The largest absolute Gasteiger partial charge is 0.441 e. The fraction of sp³-hybridized carbons (Fsp3) is 0.405. The average Bonchev–Trinajstić information content (AvgIpc) is 3.47. The monoisotopic (exact) mass is 763 g/mol. The van der Waals surface area contributed by atoms with Gasteiger partial charge in [-0.1, -0.05) is 65.3 Å². The average molecular weight is 765 g/mol. The van der Waals surface area contributed by atoms with Crippen LogP contribution in [0, 0.1) is 5.92 Å². The minimum Gasteiger partial charge on any atom is -0.441 e. The molecule has 3 aromatic carbocycles. The van der Waals surface area contributed by atoms with E-state index in [0.717, 1.165) is 15.6 Å². The van der Waals surface area contributed by atoms with Gasteiger partial charge in [0.2, 0.25) is 11.8 Å². The number of ether oxygens (including phenoxy) is 2. The Morgan fingerprint density at radius 3 is 2.38 bits per heavy atom. The lowest BCUT2D eigenvalue weighted by atomic mass is 9.82. The maximum Gasteiger partial charge on any atom is 0.304 e. The molecule has 3 aromatic rings. The standard InChI is InChI=1S/C37H42BrN3O8Si/c1-23-35(50(3,4)47)31(19-32(44)39(16-17-42)21-25-8-6-5-7-9-25)49-37(23)29-18-27(38)12-15-30(29)40(36(37)46)22-26-10-13-28(14-11-26)41-33(45)20-34(41)48-24(2)43/h5-15,18,23,31,34-35,42,47H,16-17,19-22H2,1-4H3/t23-,31+,34?,35-,37+/m0/s1. The molecule has 1 unspecified atom stereocenters. The second-order valence-corrected chi connectivity index (χ2v) is 18.7. The van der Waals surface area contributed by atoms with Gasteiger partial charge in [-0.25, -0.2) is 0 Å². The van der Waals surface area contributed by atoms with Gasteiger partial charge in [0.1, 0.15) is 0 Å². The van der Waals surface area contributed by atoms with E-state index in [2.05, 4.69) is 15.9 Å². The Hall–Kier alpha value is -3.88. The van der Waals surface area contributed by atoms with E-state index in [4.69, 9.17) is 9.47 Å². The van der Waals surface area contributed by atoms with Crippen LogP contribution in [0.1, 0.15) is 43.4 Å². The molecule has 1 spiro atoms. The van der Waals surface area contributed by atoms with Crippen molar-refractivity contribution in [3.8, 4) is 0 Å². The molecule has 0 radical (unpaired) electrons. The molecule has 2 saturated heterocycles. The number of aliphatic hydroxyl groups excluding tert-OH is 1. The zero-order valence-electron chi connectivity index (χ0n) is 28.5. The van der Waals surface area contributed by atoms with Crippen molar-refractivity contribution in [1.29, 1.82) is 0 Å². The second-order valence-electron chi connectivity index (χ2n) is 13.8. The van der Waals surface area contributed by atoms with E-state index in [0.29, 0.717) is 23.5 Å². The highest BCUT2D eigenvalue weighted by atomic mass is 79.9. The Morgan fingerprint density at radius 2 is 1.76 bits per heavy atom. The molecule has 6 rings (SSSR count). The summed E-state index contributed by atoms with van der Waals surface area (Å²) in [6, 6.07) is 22.4. The molecular formula is C37H42BrN3O8Si. The van der Waals surface area contributed by atoms with Gasteiger partial charge in [-0.05, 0) is 54.6 Å². The first-order valence-corrected chi connectivity index (χ1v) is 20.6. The van der Waals surface area contributed by atoms with Gasteiger partial charge in [0.25, 0.3) is 5.91 Å². The smallest absolute Gasteiger partial charge is 0.304 e. The number of nitrogens with zero attached hydrogens (tertiary/aromatic N) is 3. The highest BCUT2D eigenvalue weighted by Crippen LogP contribution is 2.60. The van der Waals surface area contributed by atoms with E-state index >= 15 is 0 Å². The third kappa shape index (κ3) is 6.64. The third-order valence-electron chi connectivity index (χ3n) is 10.0. The van der Waals surface area contributed by atoms with E-state index in [1.807, 2.05) is 80.7 Å². The van der Waals surface area contributed by atoms with Crippen molar-refractivity contribution in [3.05, 3.63) is 94.0 Å². The van der Waals surface area contributed by atoms with E-state index in [1.165, 1.54) is 11.8 Å². The summed E-state index contributed by atoms with van der Waals surface area (Å²) in [4.78, 5) is 68.9. The predicted octanol–water partition coefficient (Wildman–Crippen LogP) is 4.83. The Bertz CT molecular complexity index is 1790. The van der Waals surface area contributed by atoms with Gasteiger partial charge in [0, 0.05) is 47.2 Å². The number of aliphatic hydroxyl groups is 1. The molecular weight excluding hydrogens is 722 g/mol. The number of rotatable bonds is 11. The van der Waals surface area contributed by atoms with E-state index in [9.17, 15) is 29.1 Å². The summed E-state index contributed by atoms with van der Waals surface area (Å²) in [6.45, 7) is 7.34. The summed E-state index contributed by atoms with van der Waals surface area (Å²) < 4.78 is 12.9. The Balaban J connectivity index is 1.29. The van der Waals surface area contributed by atoms with Crippen LogP contribution in [0.25, 0.3) is 0 Å². The molecule has 3 aliphatic heterocycles. The maximum atomic E-state index is 14.8. The number of benzene rings is 3. The van der Waals surface area contributed by atoms with E-state index in [1.54, 1.807) is 21.9 Å². The quantitative estimate of drug-likeness (QED) is 0.161. The van der Waals surface area contributed by atoms with Crippen molar-refractivity contribution in [3.63, 3.8) is 0 Å². The molecule has 0 aliphatic carbocycles. The molecule has 2 fully saturated rings. The zero-order chi connectivity index (χ0) is 36.0. The minimum absolute atomic E-state index is 0.0534. The summed E-state index contributed by atoms with van der Waals surface area (Å²) >= 11 is 3.58. The maximum absolute atomic E-state index is 14.8. The van der Waals surface area contributed by atoms with Crippen LogP contribution >= 0.6 is 15.9 Å². The minimum atomic E-state index is -3.03. The lowest BCUT2D eigenvalue weighted by Gasteiger charge is -2.39. The third-order valence-corrected chi connectivity index (χ3v) is 13.0. The van der Waals surface area contributed by atoms with E-state index in [-0.39, 0.29) is 50.3 Å². The van der Waals surface area contributed by atoms with E-state index < -0.39 is 43.7 Å². The number of fused-ring (bicyclic) bond motifs is 2. The molecule has 0 bridgehead atoms. The van der Waals surface area contributed by atoms with Crippen molar-refractivity contribution in [2.24, 2.45) is 5.92 Å². The Morgan fingerprint density at radius 1 is 1.06 bits per heavy atom. The zero-order valence-corrected chi connectivity index (χ0v) is 31.1. The van der Waals surface area contributed by atoms with Gasteiger partial charge in [-0.15, -0.1) is 0 Å². The number of carbonyl (C=O) groups excluding carboxylic acids is 4. The molecule has 3 heterocycles. The summed E-state index contributed by atoms with van der Waals surface area (Å²) in [7, 11) is -3.03. The number of carbonyl (C=O) groups is 4. The Labute approximate surface area is 301 Å². The van der Waals surface area contributed by atoms with Crippen molar-refractivity contribution in [2.75, 3.05) is 23.0 Å². The number of anilines is 2. The normalized spacial score (nSPS) is 24.4. The molecule has 3 amide bonds. The molecule has 0 saturated carbocycles. The molecule has 3 aliphatic rings. The van der Waals surface area contributed by atoms with Crippen molar-refractivity contribution >= 4 is 59.3 Å². The van der Waals surface area contributed by atoms with Crippen LogP contribution in [0.5, 0.6) is 0 Å². The molecule has 13 heteroatoms. The van der Waals surface area contributed by atoms with Gasteiger partial charge in [-0.2, -0.15) is 0 Å². The van der Waals surface area contributed by atoms with Gasteiger partial charge < -0.3 is 29.2 Å². The lowest BCUT2D eigenvalue weighted by Crippen LogP contribution is -2.54. The fourth-order valence-corrected chi connectivity index (χ4v) is 10.8. The van der Waals surface area contributed by atoms with Crippen molar-refractivity contribution < 1.29 is 38.6 Å². The molecule has 50 heavy (non-hydrogen) atoms. The molecule has 2 N–H and O–H groups in total. The first-order chi connectivity index (χ1) is 23.7. The van der Waals surface area contributed by atoms with Crippen LogP contribution in [0.4, 0.5) is 11.4 Å². The van der Waals surface area contributed by atoms with Crippen LogP contribution in [-0.4, -0.2) is 72.3 Å². The molecule has 11 nitrogen and oxygen atoms in total. The highest BCUT2D eigenvalue weighted by Gasteiger charge is 2.66. The van der Waals surface area contributed by atoms with Gasteiger partial charge in [-0.3, -0.25) is 24.1 Å². The molecule has 5 atom stereocenters. The van der Waals surface area contributed by atoms with Crippen LogP contribution < -0.4 is 9.80 Å². The highest BCUT2D eigenvalue weighted by molar-refractivity contribution is 9.10. The molecule has 264 valence electrons. The number of hydrogen-bond acceptors (Lipinski definition) is 8. The van der Waals surface area contributed by atoms with Crippen LogP contribution in [-0.2, 0) is 47.3 Å². The Kier molecular flexibility index (Phi) is 10.1. The van der Waals surface area contributed by atoms with Crippen LogP contribution in [0.15, 0.2) is 77.3 Å². The predicted molar refractivity (Wildman–Crippen MR) is 192 cm³/mol. The summed E-state index contributed by atoms with van der Waals surface area (Å²) in [6.07, 6.45) is -1.31. The number of amides is 3. The van der Waals surface area contributed by atoms with Crippen LogP contribution in [0.2, 0.25) is 18.6 Å². The summed E-state index contributed by atoms with van der Waals surface area (Å²) in [5.41, 5.74) is 1.77. The van der Waals surface area contributed by atoms with Gasteiger partial charge >= 0.3 is 5.97 Å². The first kappa shape index (κ1) is 35.9. The van der Waals surface area contributed by atoms with Gasteiger partial charge in [0.15, 0.2) is 20.1 Å². The topological polar surface area (TPSA) is 137 Å².